The molecule has 1 atom stereocenters. The first kappa shape index (κ1) is 24.2. The van der Waals surface area contributed by atoms with Crippen molar-refractivity contribution in [3.05, 3.63) is 56.9 Å². The van der Waals surface area contributed by atoms with Crippen LogP contribution in [0.4, 0.5) is 24.5 Å². The Balaban J connectivity index is 1.62. The Morgan fingerprint density at radius 1 is 1.16 bits per heavy atom. The van der Waals surface area contributed by atoms with E-state index in [-0.39, 0.29) is 30.8 Å². The fourth-order valence-electron chi connectivity index (χ4n) is 3.86. The largest absolute Gasteiger partial charge is 0.386 e. The van der Waals surface area contributed by atoms with E-state index in [9.17, 15) is 18.3 Å². The lowest BCUT2D eigenvalue weighted by atomic mass is 9.85. The SMILES string of the molecule is CCNC(CC)C1(O)CN(COCc2ccc(F)c(F)c2Nc2ccc(I)cc2F)C1. The predicted molar refractivity (Wildman–Crippen MR) is 123 cm³/mol. The van der Waals surface area contributed by atoms with Gasteiger partial charge in [-0.1, -0.05) is 19.9 Å². The van der Waals surface area contributed by atoms with Crippen LogP contribution in [0.3, 0.4) is 0 Å². The van der Waals surface area contributed by atoms with E-state index < -0.39 is 23.1 Å². The van der Waals surface area contributed by atoms with Gasteiger partial charge in [-0.3, -0.25) is 4.90 Å². The summed E-state index contributed by atoms with van der Waals surface area (Å²) >= 11 is 1.97. The summed E-state index contributed by atoms with van der Waals surface area (Å²) in [5.74, 6) is -2.68. The molecule has 2 aromatic carbocycles. The van der Waals surface area contributed by atoms with Gasteiger partial charge in [-0.05, 0) is 59.8 Å². The summed E-state index contributed by atoms with van der Waals surface area (Å²) in [6, 6.07) is 6.89. The number of β-amino-alcohol motifs (C(OH)–C–C–N with tert-alkyl or cyclic N) is 1. The molecule has 3 rings (SSSR count). The third-order valence-electron chi connectivity index (χ3n) is 5.41. The number of benzene rings is 2. The zero-order valence-corrected chi connectivity index (χ0v) is 19.7. The first-order valence-corrected chi connectivity index (χ1v) is 11.3. The molecule has 3 N–H and O–H groups in total. The molecule has 0 aromatic heterocycles. The van der Waals surface area contributed by atoms with Crippen LogP contribution in [-0.4, -0.2) is 48.0 Å². The number of nitrogens with one attached hydrogen (secondary N) is 2. The summed E-state index contributed by atoms with van der Waals surface area (Å²) in [7, 11) is 0. The molecular formula is C22H27F3IN3O2. The van der Waals surface area contributed by atoms with Gasteiger partial charge in [0, 0.05) is 28.3 Å². The van der Waals surface area contributed by atoms with E-state index in [0.29, 0.717) is 22.2 Å². The van der Waals surface area contributed by atoms with Crippen molar-refractivity contribution in [1.82, 2.24) is 10.2 Å². The van der Waals surface area contributed by atoms with Crippen molar-refractivity contribution in [2.24, 2.45) is 0 Å². The standard InChI is InChI=1S/C22H27F3IN3O2/c1-3-19(27-4-2)22(30)11-29(12-22)13-31-10-14-5-7-16(23)20(25)21(14)28-18-8-6-15(26)9-17(18)24/h5-9,19,27-28,30H,3-4,10-13H2,1-2H3. The van der Waals surface area contributed by atoms with E-state index in [4.69, 9.17) is 4.74 Å². The number of likely N-dealkylation sites (N-methyl/N-ethyl adjacent to an activating group) is 1. The van der Waals surface area contributed by atoms with Crippen LogP contribution in [0, 0.1) is 21.0 Å². The Bertz CT molecular complexity index is 910. The monoisotopic (exact) mass is 549 g/mol. The van der Waals surface area contributed by atoms with E-state index in [1.165, 1.54) is 18.2 Å². The molecule has 1 saturated heterocycles. The predicted octanol–water partition coefficient (Wildman–Crippen LogP) is 4.36. The van der Waals surface area contributed by atoms with Gasteiger partial charge in [0.25, 0.3) is 0 Å². The first-order valence-electron chi connectivity index (χ1n) is 10.2. The smallest absolute Gasteiger partial charge is 0.182 e. The Labute approximate surface area is 194 Å². The Morgan fingerprint density at radius 3 is 2.55 bits per heavy atom. The number of rotatable bonds is 10. The Kier molecular flexibility index (Phi) is 8.19. The second kappa shape index (κ2) is 10.5. The van der Waals surface area contributed by atoms with Crippen molar-refractivity contribution in [2.75, 3.05) is 31.7 Å². The summed E-state index contributed by atoms with van der Waals surface area (Å²) in [5, 5.41) is 16.7. The van der Waals surface area contributed by atoms with Crippen LogP contribution in [-0.2, 0) is 11.3 Å². The fraction of sp³-hybridized carbons (Fsp3) is 0.455. The molecule has 5 nitrogen and oxygen atoms in total. The number of halogens is 4. The number of hydrogen-bond acceptors (Lipinski definition) is 5. The molecule has 1 heterocycles. The molecule has 1 aliphatic heterocycles. The van der Waals surface area contributed by atoms with E-state index >= 15 is 0 Å². The third-order valence-corrected chi connectivity index (χ3v) is 6.08. The number of anilines is 2. The highest BCUT2D eigenvalue weighted by Gasteiger charge is 2.46. The second-order valence-corrected chi connectivity index (χ2v) is 8.98. The molecule has 2 aromatic rings. The van der Waals surface area contributed by atoms with Gasteiger partial charge in [-0.15, -0.1) is 0 Å². The summed E-state index contributed by atoms with van der Waals surface area (Å²) in [6.07, 6.45) is 0.817. The maximum Gasteiger partial charge on any atom is 0.182 e. The van der Waals surface area contributed by atoms with E-state index in [1.807, 2.05) is 41.3 Å². The highest BCUT2D eigenvalue weighted by atomic mass is 127. The molecular weight excluding hydrogens is 522 g/mol. The molecule has 0 bridgehead atoms. The zero-order valence-electron chi connectivity index (χ0n) is 17.5. The Hall–Kier alpha value is -1.40. The van der Waals surface area contributed by atoms with Crippen molar-refractivity contribution in [2.45, 2.75) is 38.5 Å². The molecule has 1 fully saturated rings. The molecule has 1 aliphatic rings. The molecule has 0 amide bonds. The molecule has 0 saturated carbocycles. The molecule has 9 heteroatoms. The Morgan fingerprint density at radius 2 is 1.90 bits per heavy atom. The molecule has 0 spiro atoms. The van der Waals surface area contributed by atoms with Gasteiger partial charge in [0.05, 0.1) is 24.7 Å². The summed E-state index contributed by atoms with van der Waals surface area (Å²) in [4.78, 5) is 1.94. The lowest BCUT2D eigenvalue weighted by Gasteiger charge is -2.50. The zero-order chi connectivity index (χ0) is 22.6. The molecule has 1 unspecified atom stereocenters. The number of nitrogens with zero attached hydrogens (tertiary/aromatic N) is 1. The summed E-state index contributed by atoms with van der Waals surface area (Å²) in [5.41, 5.74) is -0.538. The third kappa shape index (κ3) is 5.70. The van der Waals surface area contributed by atoms with Crippen molar-refractivity contribution in [1.29, 1.82) is 0 Å². The number of ether oxygens (including phenoxy) is 1. The topological polar surface area (TPSA) is 56.8 Å². The maximum absolute atomic E-state index is 14.5. The van der Waals surface area contributed by atoms with Gasteiger partial charge in [-0.25, -0.2) is 13.2 Å². The summed E-state index contributed by atoms with van der Waals surface area (Å²) < 4.78 is 48.8. The normalized spacial score (nSPS) is 16.7. The maximum atomic E-state index is 14.5. The van der Waals surface area contributed by atoms with Crippen LogP contribution in [0.1, 0.15) is 25.8 Å². The average molecular weight is 549 g/mol. The van der Waals surface area contributed by atoms with Gasteiger partial charge in [0.2, 0.25) is 0 Å². The number of likely N-dealkylation sites (tertiary alicyclic amines) is 1. The van der Waals surface area contributed by atoms with E-state index in [1.54, 1.807) is 6.07 Å². The lowest BCUT2D eigenvalue weighted by molar-refractivity contribution is -0.155. The average Bonchev–Trinajstić information content (AvgIpc) is 2.71. The van der Waals surface area contributed by atoms with Crippen LogP contribution in [0.15, 0.2) is 30.3 Å². The highest BCUT2D eigenvalue weighted by molar-refractivity contribution is 14.1. The van der Waals surface area contributed by atoms with E-state index in [2.05, 4.69) is 10.6 Å². The van der Waals surface area contributed by atoms with Crippen LogP contribution in [0.2, 0.25) is 0 Å². The van der Waals surface area contributed by atoms with Gasteiger partial charge >= 0.3 is 0 Å². The molecule has 31 heavy (non-hydrogen) atoms. The van der Waals surface area contributed by atoms with Crippen LogP contribution in [0.5, 0.6) is 0 Å². The van der Waals surface area contributed by atoms with Crippen LogP contribution in [0.25, 0.3) is 0 Å². The van der Waals surface area contributed by atoms with Crippen molar-refractivity contribution < 1.29 is 23.0 Å². The second-order valence-electron chi connectivity index (χ2n) is 7.73. The van der Waals surface area contributed by atoms with Gasteiger partial charge in [-0.2, -0.15) is 0 Å². The van der Waals surface area contributed by atoms with Crippen LogP contribution < -0.4 is 10.6 Å². The van der Waals surface area contributed by atoms with Gasteiger partial charge in [0.1, 0.15) is 11.4 Å². The number of aliphatic hydroxyl groups is 1. The lowest BCUT2D eigenvalue weighted by Crippen LogP contribution is -2.70. The van der Waals surface area contributed by atoms with Gasteiger partial charge in [0.15, 0.2) is 11.6 Å². The minimum Gasteiger partial charge on any atom is -0.386 e. The molecule has 0 aliphatic carbocycles. The first-order chi connectivity index (χ1) is 14.8. The van der Waals surface area contributed by atoms with Crippen molar-refractivity contribution in [3.8, 4) is 0 Å². The minimum atomic E-state index is -1.09. The van der Waals surface area contributed by atoms with Crippen molar-refractivity contribution >= 4 is 34.0 Å². The highest BCUT2D eigenvalue weighted by Crippen LogP contribution is 2.30. The quantitative estimate of drug-likeness (QED) is 0.385. The van der Waals surface area contributed by atoms with E-state index in [0.717, 1.165) is 19.0 Å². The minimum absolute atomic E-state index is 0.00483. The fourth-order valence-corrected chi connectivity index (χ4v) is 4.31. The number of hydrogen-bond donors (Lipinski definition) is 3. The van der Waals surface area contributed by atoms with Crippen molar-refractivity contribution in [3.63, 3.8) is 0 Å². The summed E-state index contributed by atoms with van der Waals surface area (Å²) in [6.45, 7) is 5.99. The van der Waals surface area contributed by atoms with Gasteiger partial charge < -0.3 is 20.5 Å². The van der Waals surface area contributed by atoms with Crippen LogP contribution >= 0.6 is 22.6 Å². The molecule has 0 radical (unpaired) electrons. The molecule has 170 valence electrons.